The maximum absolute atomic E-state index is 9.24. The number of hydrogen-bond acceptors (Lipinski definition) is 7. The standard InChI is InChI=1S/C20H22BrN7O/c1-12(2)28-11-24-17-18(25-15-7-13(9-22)6-14(21)8-15)26-20(27-19(17)28)23-10-16-4-3-5-29-16/h6-8,11-12,16H,3-5,10H2,1-2H3,(H2,23,25,26,27). The third kappa shape index (κ3) is 4.33. The minimum atomic E-state index is 0.184. The molecule has 1 aromatic carbocycles. The Labute approximate surface area is 177 Å². The van der Waals surface area contributed by atoms with Crippen LogP contribution in [0, 0.1) is 11.3 Å². The molecule has 2 aromatic heterocycles. The highest BCUT2D eigenvalue weighted by atomic mass is 79.9. The summed E-state index contributed by atoms with van der Waals surface area (Å²) in [4.78, 5) is 13.9. The molecule has 29 heavy (non-hydrogen) atoms. The van der Waals surface area contributed by atoms with Crippen LogP contribution >= 0.6 is 15.9 Å². The van der Waals surface area contributed by atoms with E-state index in [-0.39, 0.29) is 12.1 Å². The van der Waals surface area contributed by atoms with E-state index in [1.165, 1.54) is 0 Å². The molecule has 0 aliphatic carbocycles. The van der Waals surface area contributed by atoms with Gasteiger partial charge in [-0.15, -0.1) is 0 Å². The predicted octanol–water partition coefficient (Wildman–Crippen LogP) is 4.38. The fraction of sp³-hybridized carbons (Fsp3) is 0.400. The van der Waals surface area contributed by atoms with Crippen LogP contribution in [0.15, 0.2) is 29.0 Å². The number of nitrogens with zero attached hydrogens (tertiary/aromatic N) is 5. The summed E-state index contributed by atoms with van der Waals surface area (Å²) in [6, 6.07) is 7.82. The average molecular weight is 456 g/mol. The number of fused-ring (bicyclic) bond motifs is 1. The van der Waals surface area contributed by atoms with Crippen LogP contribution in [0.3, 0.4) is 0 Å². The van der Waals surface area contributed by atoms with E-state index >= 15 is 0 Å². The van der Waals surface area contributed by atoms with Gasteiger partial charge in [0.15, 0.2) is 17.0 Å². The molecule has 3 heterocycles. The monoisotopic (exact) mass is 455 g/mol. The van der Waals surface area contributed by atoms with Crippen LogP contribution in [0.4, 0.5) is 17.5 Å². The molecule has 0 saturated carbocycles. The highest BCUT2D eigenvalue weighted by molar-refractivity contribution is 9.10. The van der Waals surface area contributed by atoms with Crippen molar-refractivity contribution in [2.24, 2.45) is 0 Å². The third-order valence-electron chi connectivity index (χ3n) is 4.78. The van der Waals surface area contributed by atoms with E-state index in [4.69, 9.17) is 9.72 Å². The van der Waals surface area contributed by atoms with Crippen molar-refractivity contribution in [3.63, 3.8) is 0 Å². The van der Waals surface area contributed by atoms with Gasteiger partial charge in [-0.1, -0.05) is 15.9 Å². The molecule has 1 aliphatic heterocycles. The lowest BCUT2D eigenvalue weighted by molar-refractivity contribution is 0.120. The summed E-state index contributed by atoms with van der Waals surface area (Å²) in [6.45, 7) is 5.64. The van der Waals surface area contributed by atoms with Crippen molar-refractivity contribution in [1.29, 1.82) is 5.26 Å². The van der Waals surface area contributed by atoms with Crippen LogP contribution in [0.25, 0.3) is 11.2 Å². The fourth-order valence-corrected chi connectivity index (χ4v) is 3.83. The minimum Gasteiger partial charge on any atom is -0.376 e. The van der Waals surface area contributed by atoms with Crippen LogP contribution < -0.4 is 10.6 Å². The van der Waals surface area contributed by atoms with Crippen LogP contribution in [-0.4, -0.2) is 38.8 Å². The molecule has 1 aliphatic rings. The molecule has 0 amide bonds. The minimum absolute atomic E-state index is 0.184. The molecule has 0 radical (unpaired) electrons. The second-order valence-corrected chi connectivity index (χ2v) is 8.21. The predicted molar refractivity (Wildman–Crippen MR) is 115 cm³/mol. The van der Waals surface area contributed by atoms with E-state index in [2.05, 4.69) is 56.4 Å². The van der Waals surface area contributed by atoms with Crippen molar-refractivity contribution in [3.8, 4) is 6.07 Å². The summed E-state index contributed by atoms with van der Waals surface area (Å²) in [6.07, 6.45) is 4.09. The molecule has 2 N–H and O–H groups in total. The lowest BCUT2D eigenvalue weighted by atomic mass is 10.2. The van der Waals surface area contributed by atoms with Gasteiger partial charge in [-0.3, -0.25) is 0 Å². The summed E-state index contributed by atoms with van der Waals surface area (Å²) < 4.78 is 8.52. The van der Waals surface area contributed by atoms with E-state index in [1.54, 1.807) is 18.5 Å². The van der Waals surface area contributed by atoms with E-state index < -0.39 is 0 Å². The molecular weight excluding hydrogens is 434 g/mol. The van der Waals surface area contributed by atoms with Crippen molar-refractivity contribution in [3.05, 3.63) is 34.6 Å². The zero-order chi connectivity index (χ0) is 20.4. The van der Waals surface area contributed by atoms with E-state index in [0.717, 1.165) is 35.3 Å². The highest BCUT2D eigenvalue weighted by Crippen LogP contribution is 2.28. The molecule has 0 spiro atoms. The van der Waals surface area contributed by atoms with Gasteiger partial charge in [-0.25, -0.2) is 4.98 Å². The maximum atomic E-state index is 9.24. The number of halogens is 1. The van der Waals surface area contributed by atoms with Gasteiger partial charge in [0.25, 0.3) is 0 Å². The van der Waals surface area contributed by atoms with Crippen molar-refractivity contribution in [1.82, 2.24) is 19.5 Å². The molecule has 4 rings (SSSR count). The summed E-state index contributed by atoms with van der Waals surface area (Å²) in [5, 5.41) is 15.9. The number of nitriles is 1. The Morgan fingerprint density at radius 2 is 2.21 bits per heavy atom. The van der Waals surface area contributed by atoms with Crippen LogP contribution in [0.5, 0.6) is 0 Å². The number of anilines is 3. The number of benzene rings is 1. The topological polar surface area (TPSA) is 101 Å². The Morgan fingerprint density at radius 3 is 2.93 bits per heavy atom. The summed E-state index contributed by atoms with van der Waals surface area (Å²) in [5.41, 5.74) is 2.74. The quantitative estimate of drug-likeness (QED) is 0.568. The largest absolute Gasteiger partial charge is 0.376 e. The first-order chi connectivity index (χ1) is 14.0. The van der Waals surface area contributed by atoms with Gasteiger partial charge in [0.1, 0.15) is 0 Å². The van der Waals surface area contributed by atoms with Gasteiger partial charge in [0.05, 0.1) is 24.1 Å². The number of nitrogens with one attached hydrogen (secondary N) is 2. The zero-order valence-electron chi connectivity index (χ0n) is 16.3. The smallest absolute Gasteiger partial charge is 0.226 e. The Bertz CT molecular complexity index is 1070. The summed E-state index contributed by atoms with van der Waals surface area (Å²) >= 11 is 3.45. The molecule has 1 atom stereocenters. The molecule has 150 valence electrons. The zero-order valence-corrected chi connectivity index (χ0v) is 17.9. The number of ether oxygens (including phenoxy) is 1. The first kappa shape index (κ1) is 19.6. The van der Waals surface area contributed by atoms with Gasteiger partial charge >= 0.3 is 0 Å². The Kier molecular flexibility index (Phi) is 5.65. The van der Waals surface area contributed by atoms with Crippen molar-refractivity contribution < 1.29 is 4.74 Å². The Hall–Kier alpha value is -2.70. The molecule has 1 saturated heterocycles. The van der Waals surface area contributed by atoms with Gasteiger partial charge < -0.3 is 19.9 Å². The molecule has 3 aromatic rings. The SMILES string of the molecule is CC(C)n1cnc2c(Nc3cc(Br)cc(C#N)c3)nc(NCC3CCCO3)nc21. The fourth-order valence-electron chi connectivity index (χ4n) is 3.33. The first-order valence-corrected chi connectivity index (χ1v) is 10.4. The number of rotatable bonds is 6. The van der Waals surface area contributed by atoms with Crippen molar-refractivity contribution in [2.45, 2.75) is 38.8 Å². The molecule has 0 bridgehead atoms. The molecule has 1 unspecified atom stereocenters. The number of imidazole rings is 1. The highest BCUT2D eigenvalue weighted by Gasteiger charge is 2.18. The van der Waals surface area contributed by atoms with Crippen LogP contribution in [0.1, 0.15) is 38.3 Å². The van der Waals surface area contributed by atoms with Crippen molar-refractivity contribution >= 4 is 44.5 Å². The van der Waals surface area contributed by atoms with E-state index in [9.17, 15) is 5.26 Å². The van der Waals surface area contributed by atoms with Crippen LogP contribution in [-0.2, 0) is 4.74 Å². The Morgan fingerprint density at radius 1 is 1.34 bits per heavy atom. The van der Waals surface area contributed by atoms with Gasteiger partial charge in [-0.05, 0) is 44.9 Å². The van der Waals surface area contributed by atoms with Gasteiger partial charge in [0, 0.05) is 29.4 Å². The van der Waals surface area contributed by atoms with Gasteiger partial charge in [-0.2, -0.15) is 15.2 Å². The first-order valence-electron chi connectivity index (χ1n) is 9.61. The maximum Gasteiger partial charge on any atom is 0.226 e. The Balaban J connectivity index is 1.71. The van der Waals surface area contributed by atoms with Crippen LogP contribution in [0.2, 0.25) is 0 Å². The molecule has 1 fully saturated rings. The third-order valence-corrected chi connectivity index (χ3v) is 5.24. The second kappa shape index (κ2) is 8.35. The average Bonchev–Trinajstić information content (AvgIpc) is 3.35. The second-order valence-electron chi connectivity index (χ2n) is 7.29. The summed E-state index contributed by atoms with van der Waals surface area (Å²) in [5.74, 6) is 1.11. The molecular formula is C20H22BrN7O. The summed E-state index contributed by atoms with van der Waals surface area (Å²) in [7, 11) is 0. The number of hydrogen-bond donors (Lipinski definition) is 2. The lowest BCUT2D eigenvalue weighted by Crippen LogP contribution is -2.20. The lowest BCUT2D eigenvalue weighted by Gasteiger charge is -2.14. The number of aromatic nitrogens is 4. The normalized spacial score (nSPS) is 16.3. The van der Waals surface area contributed by atoms with E-state index in [1.807, 2.05) is 10.6 Å². The molecule has 9 heteroatoms. The van der Waals surface area contributed by atoms with Crippen molar-refractivity contribution in [2.75, 3.05) is 23.8 Å². The van der Waals surface area contributed by atoms with Gasteiger partial charge in [0.2, 0.25) is 5.95 Å². The molecule has 8 nitrogen and oxygen atoms in total. The van der Waals surface area contributed by atoms with E-state index in [0.29, 0.717) is 29.4 Å².